The summed E-state index contributed by atoms with van der Waals surface area (Å²) in [6.07, 6.45) is 2.58. The molecular weight excluding hydrogens is 160 g/mol. The summed E-state index contributed by atoms with van der Waals surface area (Å²) >= 11 is 0. The maximum Gasteiger partial charge on any atom is 0.0107 e. The van der Waals surface area contributed by atoms with Crippen molar-refractivity contribution in [1.82, 2.24) is 10.2 Å². The minimum Gasteiger partial charge on any atom is -0.313 e. The number of nitrogens with zero attached hydrogens (tertiary/aromatic N) is 1. The number of hydrogen-bond donors (Lipinski definition) is 1. The molecule has 0 saturated carbocycles. The molecule has 1 atom stereocenters. The maximum atomic E-state index is 3.43. The Kier molecular flexibility index (Phi) is 7.29. The van der Waals surface area contributed by atoms with Crippen LogP contribution in [0.25, 0.3) is 0 Å². The molecule has 0 aliphatic carbocycles. The van der Waals surface area contributed by atoms with E-state index in [1.165, 1.54) is 12.8 Å². The van der Waals surface area contributed by atoms with Crippen molar-refractivity contribution in [3.63, 3.8) is 0 Å². The van der Waals surface area contributed by atoms with Crippen molar-refractivity contribution < 1.29 is 0 Å². The third kappa shape index (κ3) is 7.03. The molecule has 1 unspecified atom stereocenters. The van der Waals surface area contributed by atoms with E-state index >= 15 is 0 Å². The van der Waals surface area contributed by atoms with Gasteiger partial charge in [-0.15, -0.1) is 0 Å². The third-order valence-electron chi connectivity index (χ3n) is 2.48. The van der Waals surface area contributed by atoms with E-state index in [1.54, 1.807) is 0 Å². The molecule has 0 rings (SSSR count). The van der Waals surface area contributed by atoms with Crippen LogP contribution in [0.4, 0.5) is 0 Å². The molecule has 2 nitrogen and oxygen atoms in total. The van der Waals surface area contributed by atoms with Gasteiger partial charge in [-0.3, -0.25) is 0 Å². The number of hydrogen-bond acceptors (Lipinski definition) is 2. The molecule has 0 spiro atoms. The molecule has 0 aliphatic heterocycles. The van der Waals surface area contributed by atoms with E-state index in [4.69, 9.17) is 0 Å². The zero-order valence-electron chi connectivity index (χ0n) is 9.93. The van der Waals surface area contributed by atoms with Gasteiger partial charge in [-0.2, -0.15) is 0 Å². The van der Waals surface area contributed by atoms with Gasteiger partial charge in [0.05, 0.1) is 0 Å². The topological polar surface area (TPSA) is 15.3 Å². The quantitative estimate of drug-likeness (QED) is 0.655. The van der Waals surface area contributed by atoms with Crippen molar-refractivity contribution in [2.75, 3.05) is 20.1 Å². The van der Waals surface area contributed by atoms with Crippen molar-refractivity contribution in [3.8, 4) is 0 Å². The minimum atomic E-state index is 0.606. The fourth-order valence-electron chi connectivity index (χ4n) is 1.39. The highest BCUT2D eigenvalue weighted by Gasteiger charge is 2.06. The first-order valence-electron chi connectivity index (χ1n) is 5.51. The third-order valence-corrected chi connectivity index (χ3v) is 2.48. The lowest BCUT2D eigenvalue weighted by Crippen LogP contribution is -2.37. The van der Waals surface area contributed by atoms with E-state index in [0.717, 1.165) is 19.1 Å². The second-order valence-corrected chi connectivity index (χ2v) is 4.23. The lowest BCUT2D eigenvalue weighted by atomic mass is 10.2. The summed E-state index contributed by atoms with van der Waals surface area (Å²) in [6.45, 7) is 11.2. The molecule has 0 heterocycles. The first-order valence-corrected chi connectivity index (χ1v) is 5.51. The molecule has 0 aromatic heterocycles. The Bertz CT molecular complexity index is 113. The lowest BCUT2D eigenvalue weighted by molar-refractivity contribution is 0.243. The summed E-state index contributed by atoms with van der Waals surface area (Å²) in [5, 5.41) is 3.43. The highest BCUT2D eigenvalue weighted by Crippen LogP contribution is 2.02. The summed E-state index contributed by atoms with van der Waals surface area (Å²) in [7, 11) is 2.21. The standard InChI is InChI=1S/C11H26N2/c1-6-7-11(4)13(5)9-8-12-10(2)3/h10-12H,6-9H2,1-5H3. The van der Waals surface area contributed by atoms with E-state index in [1.807, 2.05) is 0 Å². The molecule has 0 saturated heterocycles. The predicted octanol–water partition coefficient (Wildman–Crippen LogP) is 2.10. The summed E-state index contributed by atoms with van der Waals surface area (Å²) in [4.78, 5) is 2.43. The number of likely N-dealkylation sites (N-methyl/N-ethyl adjacent to an activating group) is 1. The molecule has 0 fully saturated rings. The largest absolute Gasteiger partial charge is 0.313 e. The Labute approximate surface area is 83.7 Å². The van der Waals surface area contributed by atoms with Gasteiger partial charge in [0.25, 0.3) is 0 Å². The summed E-state index contributed by atoms with van der Waals surface area (Å²) in [5.41, 5.74) is 0. The van der Waals surface area contributed by atoms with Gasteiger partial charge in [0.1, 0.15) is 0 Å². The van der Waals surface area contributed by atoms with Gasteiger partial charge >= 0.3 is 0 Å². The fourth-order valence-corrected chi connectivity index (χ4v) is 1.39. The molecule has 0 bridgehead atoms. The Hall–Kier alpha value is -0.0800. The van der Waals surface area contributed by atoms with E-state index < -0.39 is 0 Å². The number of rotatable bonds is 7. The molecule has 0 aromatic carbocycles. The van der Waals surface area contributed by atoms with Crippen molar-refractivity contribution in [1.29, 1.82) is 0 Å². The summed E-state index contributed by atoms with van der Waals surface area (Å²) in [6, 6.07) is 1.33. The normalized spacial score (nSPS) is 14.1. The van der Waals surface area contributed by atoms with Crippen molar-refractivity contribution in [3.05, 3.63) is 0 Å². The average molecular weight is 186 g/mol. The van der Waals surface area contributed by atoms with E-state index in [2.05, 4.69) is 45.0 Å². The van der Waals surface area contributed by atoms with Crippen LogP contribution >= 0.6 is 0 Å². The van der Waals surface area contributed by atoms with E-state index in [9.17, 15) is 0 Å². The molecule has 13 heavy (non-hydrogen) atoms. The predicted molar refractivity (Wildman–Crippen MR) is 60.1 cm³/mol. The zero-order chi connectivity index (χ0) is 10.3. The van der Waals surface area contributed by atoms with Crippen LogP contribution in [0, 0.1) is 0 Å². The Morgan fingerprint density at radius 2 is 1.85 bits per heavy atom. The van der Waals surface area contributed by atoms with Crippen LogP contribution in [-0.4, -0.2) is 37.1 Å². The molecule has 0 aromatic rings. The lowest BCUT2D eigenvalue weighted by Gasteiger charge is -2.24. The first kappa shape index (κ1) is 12.9. The van der Waals surface area contributed by atoms with Gasteiger partial charge in [0.2, 0.25) is 0 Å². The Morgan fingerprint density at radius 3 is 2.31 bits per heavy atom. The first-order chi connectivity index (χ1) is 6.07. The van der Waals surface area contributed by atoms with Crippen molar-refractivity contribution >= 4 is 0 Å². The molecule has 2 heteroatoms. The second kappa shape index (κ2) is 7.34. The van der Waals surface area contributed by atoms with E-state index in [0.29, 0.717) is 6.04 Å². The van der Waals surface area contributed by atoms with Gasteiger partial charge < -0.3 is 10.2 Å². The maximum absolute atomic E-state index is 3.43. The summed E-state index contributed by atoms with van der Waals surface area (Å²) < 4.78 is 0. The van der Waals surface area contributed by atoms with Gasteiger partial charge in [0.15, 0.2) is 0 Å². The summed E-state index contributed by atoms with van der Waals surface area (Å²) in [5.74, 6) is 0. The van der Waals surface area contributed by atoms with Crippen LogP contribution in [0.3, 0.4) is 0 Å². The van der Waals surface area contributed by atoms with Crippen LogP contribution in [-0.2, 0) is 0 Å². The fraction of sp³-hybridized carbons (Fsp3) is 1.00. The highest BCUT2D eigenvalue weighted by atomic mass is 15.1. The number of nitrogens with one attached hydrogen (secondary N) is 1. The van der Waals surface area contributed by atoms with Crippen molar-refractivity contribution in [2.24, 2.45) is 0 Å². The Morgan fingerprint density at radius 1 is 1.23 bits per heavy atom. The smallest absolute Gasteiger partial charge is 0.0107 e. The molecule has 80 valence electrons. The zero-order valence-corrected chi connectivity index (χ0v) is 9.93. The van der Waals surface area contributed by atoms with E-state index in [-0.39, 0.29) is 0 Å². The van der Waals surface area contributed by atoms with Gasteiger partial charge in [-0.1, -0.05) is 27.2 Å². The average Bonchev–Trinajstić information content (AvgIpc) is 2.04. The SMILES string of the molecule is CCCC(C)N(C)CCNC(C)C. The van der Waals surface area contributed by atoms with Crippen LogP contribution < -0.4 is 5.32 Å². The minimum absolute atomic E-state index is 0.606. The Balaban J connectivity index is 3.43. The van der Waals surface area contributed by atoms with Crippen LogP contribution in [0.1, 0.15) is 40.5 Å². The van der Waals surface area contributed by atoms with Gasteiger partial charge in [-0.05, 0) is 20.4 Å². The molecule has 0 amide bonds. The van der Waals surface area contributed by atoms with Gasteiger partial charge in [-0.25, -0.2) is 0 Å². The van der Waals surface area contributed by atoms with Crippen LogP contribution in [0.2, 0.25) is 0 Å². The highest BCUT2D eigenvalue weighted by molar-refractivity contribution is 4.64. The monoisotopic (exact) mass is 186 g/mol. The molecule has 1 N–H and O–H groups in total. The molecule has 0 radical (unpaired) electrons. The molecule has 0 aliphatic rings. The van der Waals surface area contributed by atoms with Crippen molar-refractivity contribution in [2.45, 2.75) is 52.6 Å². The van der Waals surface area contributed by atoms with Gasteiger partial charge in [0, 0.05) is 25.2 Å². The second-order valence-electron chi connectivity index (χ2n) is 4.23. The molecular formula is C11H26N2. The van der Waals surface area contributed by atoms with Crippen LogP contribution in [0.5, 0.6) is 0 Å². The van der Waals surface area contributed by atoms with Crippen LogP contribution in [0.15, 0.2) is 0 Å².